The number of aryl methyl sites for hydroxylation is 1. The standard InChI is InChI=1S/C15H22FNO/c1-3-17-15(13-5-4-8-18-10-13)12-7-6-11(2)14(16)9-12/h6-7,9,13,15,17H,3-5,8,10H2,1-2H3. The largest absolute Gasteiger partial charge is 0.381 e. The van der Waals surface area contributed by atoms with Gasteiger partial charge in [-0.25, -0.2) is 4.39 Å². The van der Waals surface area contributed by atoms with Gasteiger partial charge in [-0.1, -0.05) is 19.1 Å². The predicted octanol–water partition coefficient (Wildman–Crippen LogP) is 3.21. The third kappa shape index (κ3) is 3.09. The van der Waals surface area contributed by atoms with E-state index in [1.165, 1.54) is 0 Å². The van der Waals surface area contributed by atoms with Gasteiger partial charge in [-0.3, -0.25) is 0 Å². The molecule has 0 saturated carbocycles. The Morgan fingerprint density at radius 1 is 1.50 bits per heavy atom. The molecule has 1 aromatic carbocycles. The first-order valence-corrected chi connectivity index (χ1v) is 6.79. The molecule has 2 nitrogen and oxygen atoms in total. The lowest BCUT2D eigenvalue weighted by Gasteiger charge is -2.31. The van der Waals surface area contributed by atoms with Crippen LogP contribution in [0.4, 0.5) is 4.39 Å². The first-order chi connectivity index (χ1) is 8.72. The molecular formula is C15H22FNO. The van der Waals surface area contributed by atoms with Crippen molar-refractivity contribution in [2.45, 2.75) is 32.7 Å². The van der Waals surface area contributed by atoms with E-state index >= 15 is 0 Å². The zero-order chi connectivity index (χ0) is 13.0. The molecule has 0 aromatic heterocycles. The fourth-order valence-corrected chi connectivity index (χ4v) is 2.61. The summed E-state index contributed by atoms with van der Waals surface area (Å²) in [7, 11) is 0. The summed E-state index contributed by atoms with van der Waals surface area (Å²) in [5.41, 5.74) is 1.74. The molecule has 18 heavy (non-hydrogen) atoms. The number of halogens is 1. The van der Waals surface area contributed by atoms with E-state index in [1.54, 1.807) is 13.0 Å². The third-order valence-corrected chi connectivity index (χ3v) is 3.65. The van der Waals surface area contributed by atoms with Gasteiger partial charge >= 0.3 is 0 Å². The lowest BCUT2D eigenvalue weighted by Crippen LogP contribution is -2.33. The third-order valence-electron chi connectivity index (χ3n) is 3.65. The van der Waals surface area contributed by atoms with Gasteiger partial charge in [0.1, 0.15) is 5.82 Å². The molecule has 2 atom stereocenters. The molecule has 0 bridgehead atoms. The van der Waals surface area contributed by atoms with Crippen molar-refractivity contribution in [3.8, 4) is 0 Å². The first kappa shape index (κ1) is 13.5. The number of hydrogen-bond donors (Lipinski definition) is 1. The van der Waals surface area contributed by atoms with Crippen molar-refractivity contribution in [3.63, 3.8) is 0 Å². The van der Waals surface area contributed by atoms with Crippen molar-refractivity contribution in [2.24, 2.45) is 5.92 Å². The zero-order valence-corrected chi connectivity index (χ0v) is 11.2. The van der Waals surface area contributed by atoms with Crippen LogP contribution < -0.4 is 5.32 Å². The quantitative estimate of drug-likeness (QED) is 0.887. The average Bonchev–Trinajstić information content (AvgIpc) is 2.40. The van der Waals surface area contributed by atoms with Crippen LogP contribution in [0.1, 0.15) is 36.9 Å². The van der Waals surface area contributed by atoms with Gasteiger partial charge < -0.3 is 10.1 Å². The second kappa shape index (κ2) is 6.30. The normalized spacial score (nSPS) is 21.8. The van der Waals surface area contributed by atoms with Gasteiger partial charge in [-0.2, -0.15) is 0 Å². The summed E-state index contributed by atoms with van der Waals surface area (Å²) >= 11 is 0. The Labute approximate surface area is 109 Å². The van der Waals surface area contributed by atoms with Gasteiger partial charge in [-0.05, 0) is 43.5 Å². The van der Waals surface area contributed by atoms with Gasteiger partial charge in [0, 0.05) is 18.6 Å². The van der Waals surface area contributed by atoms with Crippen molar-refractivity contribution in [3.05, 3.63) is 35.1 Å². The van der Waals surface area contributed by atoms with Crippen LogP contribution in [0, 0.1) is 18.7 Å². The fourth-order valence-electron chi connectivity index (χ4n) is 2.61. The maximum Gasteiger partial charge on any atom is 0.126 e. The number of nitrogens with one attached hydrogen (secondary N) is 1. The Morgan fingerprint density at radius 2 is 2.33 bits per heavy atom. The molecule has 1 fully saturated rings. The number of rotatable bonds is 4. The van der Waals surface area contributed by atoms with Crippen molar-refractivity contribution >= 4 is 0 Å². The van der Waals surface area contributed by atoms with E-state index in [-0.39, 0.29) is 11.9 Å². The highest BCUT2D eigenvalue weighted by Crippen LogP contribution is 2.29. The maximum atomic E-state index is 13.7. The molecule has 1 aliphatic heterocycles. The predicted molar refractivity (Wildman–Crippen MR) is 71.1 cm³/mol. The van der Waals surface area contributed by atoms with Crippen LogP contribution in [-0.4, -0.2) is 19.8 Å². The van der Waals surface area contributed by atoms with Crippen LogP contribution in [0.5, 0.6) is 0 Å². The number of ether oxygens (including phenoxy) is 1. The van der Waals surface area contributed by atoms with E-state index in [0.717, 1.165) is 38.2 Å². The maximum absolute atomic E-state index is 13.7. The van der Waals surface area contributed by atoms with Crippen molar-refractivity contribution < 1.29 is 9.13 Å². The molecule has 0 radical (unpaired) electrons. The minimum absolute atomic E-state index is 0.118. The SMILES string of the molecule is CCNC(c1ccc(C)c(F)c1)C1CCCOC1. The Bertz CT molecular complexity index is 388. The van der Waals surface area contributed by atoms with E-state index in [1.807, 2.05) is 12.1 Å². The molecule has 2 rings (SSSR count). The average molecular weight is 251 g/mol. The van der Waals surface area contributed by atoms with Crippen LogP contribution in [0.15, 0.2) is 18.2 Å². The monoisotopic (exact) mass is 251 g/mol. The lowest BCUT2D eigenvalue weighted by molar-refractivity contribution is 0.0392. The summed E-state index contributed by atoms with van der Waals surface area (Å²) in [5, 5.41) is 3.47. The molecule has 100 valence electrons. The minimum Gasteiger partial charge on any atom is -0.381 e. The van der Waals surface area contributed by atoms with Gasteiger partial charge in [0.2, 0.25) is 0 Å². The number of benzene rings is 1. The van der Waals surface area contributed by atoms with Gasteiger partial charge in [0.15, 0.2) is 0 Å². The molecule has 1 aliphatic rings. The van der Waals surface area contributed by atoms with Crippen LogP contribution >= 0.6 is 0 Å². The highest BCUT2D eigenvalue weighted by Gasteiger charge is 2.25. The summed E-state index contributed by atoms with van der Waals surface area (Å²) in [6.07, 6.45) is 2.24. The highest BCUT2D eigenvalue weighted by atomic mass is 19.1. The molecular weight excluding hydrogens is 229 g/mol. The lowest BCUT2D eigenvalue weighted by atomic mass is 9.88. The summed E-state index contributed by atoms with van der Waals surface area (Å²) < 4.78 is 19.2. The molecule has 0 spiro atoms. The molecule has 0 amide bonds. The Balaban J connectivity index is 2.19. The van der Waals surface area contributed by atoms with E-state index < -0.39 is 0 Å². The molecule has 1 saturated heterocycles. The van der Waals surface area contributed by atoms with E-state index in [9.17, 15) is 4.39 Å². The Hall–Kier alpha value is -0.930. The molecule has 1 heterocycles. The molecule has 1 aromatic rings. The molecule has 3 heteroatoms. The second-order valence-electron chi connectivity index (χ2n) is 5.02. The van der Waals surface area contributed by atoms with E-state index in [0.29, 0.717) is 11.5 Å². The summed E-state index contributed by atoms with van der Waals surface area (Å²) in [6, 6.07) is 5.75. The second-order valence-corrected chi connectivity index (χ2v) is 5.02. The van der Waals surface area contributed by atoms with Gasteiger partial charge in [-0.15, -0.1) is 0 Å². The van der Waals surface area contributed by atoms with Crippen LogP contribution in [0.3, 0.4) is 0 Å². The van der Waals surface area contributed by atoms with E-state index in [2.05, 4.69) is 12.2 Å². The Morgan fingerprint density at radius 3 is 2.94 bits per heavy atom. The van der Waals surface area contributed by atoms with Crippen LogP contribution in [-0.2, 0) is 4.74 Å². The summed E-state index contributed by atoms with van der Waals surface area (Å²) in [6.45, 7) is 6.40. The van der Waals surface area contributed by atoms with Gasteiger partial charge in [0.25, 0.3) is 0 Å². The minimum atomic E-state index is -0.118. The fraction of sp³-hybridized carbons (Fsp3) is 0.600. The van der Waals surface area contributed by atoms with Crippen molar-refractivity contribution in [2.75, 3.05) is 19.8 Å². The highest BCUT2D eigenvalue weighted by molar-refractivity contribution is 5.26. The molecule has 0 aliphatic carbocycles. The van der Waals surface area contributed by atoms with Crippen molar-refractivity contribution in [1.82, 2.24) is 5.32 Å². The zero-order valence-electron chi connectivity index (χ0n) is 11.2. The summed E-state index contributed by atoms with van der Waals surface area (Å²) in [5.74, 6) is 0.327. The topological polar surface area (TPSA) is 21.3 Å². The van der Waals surface area contributed by atoms with Crippen molar-refractivity contribution in [1.29, 1.82) is 0 Å². The van der Waals surface area contributed by atoms with Crippen LogP contribution in [0.2, 0.25) is 0 Å². The molecule has 2 unspecified atom stereocenters. The van der Waals surface area contributed by atoms with Crippen LogP contribution in [0.25, 0.3) is 0 Å². The smallest absolute Gasteiger partial charge is 0.126 e. The first-order valence-electron chi connectivity index (χ1n) is 6.79. The van der Waals surface area contributed by atoms with E-state index in [4.69, 9.17) is 4.74 Å². The summed E-state index contributed by atoms with van der Waals surface area (Å²) in [4.78, 5) is 0. The Kier molecular flexibility index (Phi) is 4.72. The molecule has 1 N–H and O–H groups in total. The number of hydrogen-bond acceptors (Lipinski definition) is 2. The van der Waals surface area contributed by atoms with Gasteiger partial charge in [0.05, 0.1) is 6.61 Å².